The normalized spacial score (nSPS) is 30.3. The van der Waals surface area contributed by atoms with Crippen LogP contribution in [0.1, 0.15) is 20.3 Å². The maximum absolute atomic E-state index is 11.4. The van der Waals surface area contributed by atoms with Crippen molar-refractivity contribution in [1.82, 2.24) is 10.2 Å². The lowest BCUT2D eigenvalue weighted by molar-refractivity contribution is -0.125. The molecule has 1 heterocycles. The van der Waals surface area contributed by atoms with Gasteiger partial charge in [-0.15, -0.1) is 0 Å². The molecule has 0 radical (unpaired) electrons. The molecule has 0 aromatic heterocycles. The van der Waals surface area contributed by atoms with E-state index in [4.69, 9.17) is 5.73 Å². The summed E-state index contributed by atoms with van der Waals surface area (Å²) in [7, 11) is 1.68. The van der Waals surface area contributed by atoms with Crippen LogP contribution in [0.15, 0.2) is 0 Å². The molecule has 0 aromatic rings. The minimum Gasteiger partial charge on any atom is -0.358 e. The van der Waals surface area contributed by atoms with Crippen molar-refractivity contribution >= 4 is 5.91 Å². The van der Waals surface area contributed by atoms with Crippen molar-refractivity contribution in [3.05, 3.63) is 0 Å². The van der Waals surface area contributed by atoms with Gasteiger partial charge in [0.2, 0.25) is 5.91 Å². The number of amides is 1. The number of nitrogens with two attached hydrogens (primary N) is 1. The fraction of sp³-hybridized carbons (Fsp3) is 0.900. The summed E-state index contributed by atoms with van der Waals surface area (Å²) in [4.78, 5) is 13.6. The molecule has 1 amide bonds. The molecule has 14 heavy (non-hydrogen) atoms. The van der Waals surface area contributed by atoms with Crippen LogP contribution >= 0.6 is 0 Å². The predicted octanol–water partition coefficient (Wildman–Crippen LogP) is -0.208. The van der Waals surface area contributed by atoms with Gasteiger partial charge in [-0.3, -0.25) is 9.69 Å². The molecule has 0 aliphatic carbocycles. The molecule has 2 atom stereocenters. The summed E-state index contributed by atoms with van der Waals surface area (Å²) in [5.74, 6) is 0.0891. The van der Waals surface area contributed by atoms with Crippen LogP contribution in [-0.4, -0.2) is 43.5 Å². The van der Waals surface area contributed by atoms with Crippen LogP contribution < -0.4 is 11.1 Å². The quantitative estimate of drug-likeness (QED) is 0.661. The summed E-state index contributed by atoms with van der Waals surface area (Å²) >= 11 is 0. The number of nitrogens with zero attached hydrogens (tertiary/aromatic N) is 1. The van der Waals surface area contributed by atoms with Gasteiger partial charge in [0.05, 0.1) is 6.04 Å². The molecule has 3 N–H and O–H groups in total. The first-order valence-electron chi connectivity index (χ1n) is 5.18. The molecule has 0 aromatic carbocycles. The molecule has 0 saturated carbocycles. The maximum Gasteiger partial charge on any atom is 0.236 e. The van der Waals surface area contributed by atoms with E-state index < -0.39 is 0 Å². The molecule has 1 saturated heterocycles. The van der Waals surface area contributed by atoms with Crippen molar-refractivity contribution in [3.63, 3.8) is 0 Å². The summed E-state index contributed by atoms with van der Waals surface area (Å²) in [5.41, 5.74) is 5.91. The van der Waals surface area contributed by atoms with E-state index in [1.165, 1.54) is 0 Å². The molecule has 4 nitrogen and oxygen atoms in total. The lowest BCUT2D eigenvalue weighted by Crippen LogP contribution is -2.44. The number of carbonyl (C=O) groups is 1. The molecular weight excluding hydrogens is 178 g/mol. The lowest BCUT2D eigenvalue weighted by atomic mass is 9.90. The first kappa shape index (κ1) is 11.5. The standard InChI is InChI=1S/C10H21N3O/c1-8(9(14)12-3)13-5-4-10(2,6-11)7-13/h8H,4-7,11H2,1-3H3,(H,12,14). The number of nitrogens with one attached hydrogen (secondary N) is 1. The van der Waals surface area contributed by atoms with E-state index in [1.807, 2.05) is 6.92 Å². The van der Waals surface area contributed by atoms with Crippen LogP contribution in [0, 0.1) is 5.41 Å². The summed E-state index contributed by atoms with van der Waals surface area (Å²) in [5, 5.41) is 2.68. The number of hydrogen-bond donors (Lipinski definition) is 2. The fourth-order valence-corrected chi connectivity index (χ4v) is 1.93. The number of carbonyl (C=O) groups excluding carboxylic acids is 1. The first-order chi connectivity index (χ1) is 6.52. The van der Waals surface area contributed by atoms with Crippen LogP contribution in [-0.2, 0) is 4.79 Å². The zero-order valence-corrected chi connectivity index (χ0v) is 9.34. The van der Waals surface area contributed by atoms with Crippen LogP contribution in [0.3, 0.4) is 0 Å². The van der Waals surface area contributed by atoms with Gasteiger partial charge in [-0.25, -0.2) is 0 Å². The topological polar surface area (TPSA) is 58.4 Å². The highest BCUT2D eigenvalue weighted by Gasteiger charge is 2.36. The van der Waals surface area contributed by atoms with Gasteiger partial charge in [-0.2, -0.15) is 0 Å². The molecule has 0 bridgehead atoms. The number of hydrogen-bond acceptors (Lipinski definition) is 3. The van der Waals surface area contributed by atoms with E-state index in [9.17, 15) is 4.79 Å². The Hall–Kier alpha value is -0.610. The van der Waals surface area contributed by atoms with Crippen LogP contribution in [0.25, 0.3) is 0 Å². The second-order valence-corrected chi connectivity index (χ2v) is 4.53. The average Bonchev–Trinajstić information content (AvgIpc) is 2.59. The van der Waals surface area contributed by atoms with Gasteiger partial charge in [-0.1, -0.05) is 6.92 Å². The lowest BCUT2D eigenvalue weighted by Gasteiger charge is -2.26. The van der Waals surface area contributed by atoms with Crippen LogP contribution in [0.5, 0.6) is 0 Å². The third kappa shape index (κ3) is 2.25. The van der Waals surface area contributed by atoms with Crippen LogP contribution in [0.2, 0.25) is 0 Å². The molecule has 4 heteroatoms. The van der Waals surface area contributed by atoms with Crippen molar-refractivity contribution in [3.8, 4) is 0 Å². The molecule has 1 aliphatic heterocycles. The van der Waals surface area contributed by atoms with E-state index in [2.05, 4.69) is 17.1 Å². The number of rotatable bonds is 3. The van der Waals surface area contributed by atoms with E-state index >= 15 is 0 Å². The van der Waals surface area contributed by atoms with Gasteiger partial charge in [0.1, 0.15) is 0 Å². The Balaban J connectivity index is 2.53. The minimum atomic E-state index is -0.0339. The maximum atomic E-state index is 11.4. The zero-order valence-electron chi connectivity index (χ0n) is 9.34. The first-order valence-corrected chi connectivity index (χ1v) is 5.18. The molecule has 0 spiro atoms. The van der Waals surface area contributed by atoms with Crippen molar-refractivity contribution in [2.45, 2.75) is 26.3 Å². The Kier molecular flexibility index (Phi) is 3.50. The van der Waals surface area contributed by atoms with Gasteiger partial charge >= 0.3 is 0 Å². The van der Waals surface area contributed by atoms with Crippen molar-refractivity contribution in [2.24, 2.45) is 11.1 Å². The highest BCUT2D eigenvalue weighted by Crippen LogP contribution is 2.29. The Labute approximate surface area is 85.8 Å². The van der Waals surface area contributed by atoms with Gasteiger partial charge < -0.3 is 11.1 Å². The fourth-order valence-electron chi connectivity index (χ4n) is 1.93. The smallest absolute Gasteiger partial charge is 0.236 e. The van der Waals surface area contributed by atoms with Gasteiger partial charge in [0.25, 0.3) is 0 Å². The van der Waals surface area contributed by atoms with Crippen molar-refractivity contribution in [1.29, 1.82) is 0 Å². The molecule has 1 fully saturated rings. The SMILES string of the molecule is CNC(=O)C(C)N1CCC(C)(CN)C1. The highest BCUT2D eigenvalue weighted by molar-refractivity contribution is 5.81. The number of likely N-dealkylation sites (N-methyl/N-ethyl adjacent to an activating group) is 1. The van der Waals surface area contributed by atoms with Gasteiger partial charge in [0.15, 0.2) is 0 Å². The summed E-state index contributed by atoms with van der Waals surface area (Å²) in [6.45, 7) is 6.73. The third-order valence-electron chi connectivity index (χ3n) is 3.25. The van der Waals surface area contributed by atoms with E-state index in [0.29, 0.717) is 6.54 Å². The summed E-state index contributed by atoms with van der Waals surface area (Å²) in [6.07, 6.45) is 1.09. The van der Waals surface area contributed by atoms with Gasteiger partial charge in [0, 0.05) is 13.6 Å². The highest BCUT2D eigenvalue weighted by atomic mass is 16.2. The van der Waals surface area contributed by atoms with Crippen molar-refractivity contribution < 1.29 is 4.79 Å². The summed E-state index contributed by atoms with van der Waals surface area (Å²) in [6, 6.07) is -0.0339. The second kappa shape index (κ2) is 4.28. The molecular formula is C10H21N3O. The zero-order chi connectivity index (χ0) is 10.8. The average molecular weight is 199 g/mol. The Morgan fingerprint density at radius 3 is 2.79 bits per heavy atom. The molecule has 2 unspecified atom stereocenters. The summed E-state index contributed by atoms with van der Waals surface area (Å²) < 4.78 is 0. The molecule has 82 valence electrons. The van der Waals surface area contributed by atoms with Crippen LogP contribution in [0.4, 0.5) is 0 Å². The van der Waals surface area contributed by atoms with E-state index in [-0.39, 0.29) is 17.4 Å². The second-order valence-electron chi connectivity index (χ2n) is 4.53. The van der Waals surface area contributed by atoms with Gasteiger partial charge in [-0.05, 0) is 31.8 Å². The van der Waals surface area contributed by atoms with E-state index in [0.717, 1.165) is 19.5 Å². The Morgan fingerprint density at radius 1 is 1.71 bits per heavy atom. The minimum absolute atomic E-state index is 0.0339. The largest absolute Gasteiger partial charge is 0.358 e. The Bertz CT molecular complexity index is 219. The monoisotopic (exact) mass is 199 g/mol. The number of likely N-dealkylation sites (tertiary alicyclic amines) is 1. The molecule has 1 rings (SSSR count). The predicted molar refractivity (Wildman–Crippen MR) is 56.9 cm³/mol. The third-order valence-corrected chi connectivity index (χ3v) is 3.25. The Morgan fingerprint density at radius 2 is 2.36 bits per heavy atom. The molecule has 1 aliphatic rings. The van der Waals surface area contributed by atoms with E-state index in [1.54, 1.807) is 7.05 Å². The van der Waals surface area contributed by atoms with Crippen molar-refractivity contribution in [2.75, 3.05) is 26.7 Å².